The molecule has 0 saturated carbocycles. The van der Waals surface area contributed by atoms with Gasteiger partial charge in [0.15, 0.2) is 17.9 Å². The maximum Gasteiger partial charge on any atom is 0.202 e. The number of ketones is 3. The molecule has 0 radical (unpaired) electrons. The Bertz CT molecular complexity index is 1350. The summed E-state index contributed by atoms with van der Waals surface area (Å²) < 4.78 is 11.7. The van der Waals surface area contributed by atoms with Crippen molar-refractivity contribution in [3.8, 4) is 17.2 Å². The number of nitrogens with two attached hydrogens (primary N) is 1. The van der Waals surface area contributed by atoms with Crippen LogP contribution in [0.1, 0.15) is 75.8 Å². The lowest BCUT2D eigenvalue weighted by Crippen LogP contribution is -2.52. The maximum atomic E-state index is 13.4. The lowest BCUT2D eigenvalue weighted by Gasteiger charge is -2.42. The molecule has 0 bridgehead atoms. The summed E-state index contributed by atoms with van der Waals surface area (Å²) in [6, 6.07) is 3.20. The van der Waals surface area contributed by atoms with Gasteiger partial charge in [0.25, 0.3) is 0 Å². The van der Waals surface area contributed by atoms with E-state index < -0.39 is 88.4 Å². The van der Waals surface area contributed by atoms with E-state index in [0.29, 0.717) is 0 Å². The number of phenols is 3. The summed E-state index contributed by atoms with van der Waals surface area (Å²) >= 11 is 0. The van der Waals surface area contributed by atoms with Crippen LogP contribution in [-0.4, -0.2) is 73.0 Å². The first-order valence-corrected chi connectivity index (χ1v) is 11.9. The molecule has 0 amide bonds. The number of aliphatic hydroxyl groups excluding tert-OH is 1. The van der Waals surface area contributed by atoms with E-state index >= 15 is 0 Å². The van der Waals surface area contributed by atoms with Crippen molar-refractivity contribution in [2.75, 3.05) is 0 Å². The fraction of sp³-hybridized carbons (Fsp3) is 0.423. The van der Waals surface area contributed by atoms with E-state index in [1.807, 2.05) is 0 Å². The SMILES string of the molecule is CC(=O)[C@]1(O)Cc2c(O)c3c(c(O)c2C(O[C@H]2C[C@H](N)C(O)[C@H](C)O2)C1)C(=O)c1c(O)cccc1C3=O.Cl. The van der Waals surface area contributed by atoms with Crippen molar-refractivity contribution in [2.45, 2.75) is 69.4 Å². The van der Waals surface area contributed by atoms with Gasteiger partial charge in [-0.3, -0.25) is 14.4 Å². The molecular formula is C26H28ClNO10. The zero-order valence-corrected chi connectivity index (χ0v) is 21.3. The minimum atomic E-state index is -2.02. The van der Waals surface area contributed by atoms with Gasteiger partial charge in [-0.2, -0.15) is 0 Å². The Labute approximate surface area is 223 Å². The molecule has 2 aromatic carbocycles. The monoisotopic (exact) mass is 549 g/mol. The molecule has 0 spiro atoms. The van der Waals surface area contributed by atoms with Crippen molar-refractivity contribution in [3.05, 3.63) is 51.6 Å². The first kappa shape index (κ1) is 28.0. The van der Waals surface area contributed by atoms with E-state index in [9.17, 15) is 39.9 Å². The average Bonchev–Trinajstić information content (AvgIpc) is 2.82. The van der Waals surface area contributed by atoms with Crippen molar-refractivity contribution in [2.24, 2.45) is 5.73 Å². The van der Waals surface area contributed by atoms with Crippen LogP contribution >= 0.6 is 12.4 Å². The van der Waals surface area contributed by atoms with E-state index in [1.165, 1.54) is 18.2 Å². The number of benzene rings is 2. The predicted molar refractivity (Wildman–Crippen MR) is 133 cm³/mol. The summed E-state index contributed by atoms with van der Waals surface area (Å²) in [4.78, 5) is 39.1. The van der Waals surface area contributed by atoms with Crippen LogP contribution in [0, 0.1) is 0 Å². The van der Waals surface area contributed by atoms with Gasteiger partial charge in [-0.15, -0.1) is 12.4 Å². The largest absolute Gasteiger partial charge is 0.507 e. The number of carbonyl (C=O) groups is 3. The Morgan fingerprint density at radius 1 is 1.11 bits per heavy atom. The van der Waals surface area contributed by atoms with Crippen molar-refractivity contribution >= 4 is 29.8 Å². The molecule has 1 fully saturated rings. The van der Waals surface area contributed by atoms with E-state index in [2.05, 4.69) is 0 Å². The molecule has 38 heavy (non-hydrogen) atoms. The summed E-state index contributed by atoms with van der Waals surface area (Å²) in [5.41, 5.74) is 2.29. The third kappa shape index (κ3) is 4.06. The summed E-state index contributed by atoms with van der Waals surface area (Å²) in [5, 5.41) is 54.1. The molecule has 7 N–H and O–H groups in total. The number of aromatic hydroxyl groups is 3. The molecule has 11 nitrogen and oxygen atoms in total. The van der Waals surface area contributed by atoms with Crippen molar-refractivity contribution in [3.63, 3.8) is 0 Å². The fourth-order valence-electron chi connectivity index (χ4n) is 5.50. The van der Waals surface area contributed by atoms with Gasteiger partial charge >= 0.3 is 0 Å². The Morgan fingerprint density at radius 3 is 2.39 bits per heavy atom. The lowest BCUT2D eigenvalue weighted by atomic mass is 9.72. The van der Waals surface area contributed by atoms with E-state index in [1.54, 1.807) is 6.92 Å². The number of carbonyl (C=O) groups excluding carboxylic acids is 3. The quantitative estimate of drug-likeness (QED) is 0.256. The summed E-state index contributed by atoms with van der Waals surface area (Å²) in [7, 11) is 0. The van der Waals surface area contributed by atoms with Crippen LogP contribution in [0.15, 0.2) is 18.2 Å². The number of halogens is 1. The van der Waals surface area contributed by atoms with Gasteiger partial charge in [0.1, 0.15) is 22.8 Å². The van der Waals surface area contributed by atoms with Crippen molar-refractivity contribution < 1.29 is 49.4 Å². The molecule has 6 atom stereocenters. The summed E-state index contributed by atoms with van der Waals surface area (Å²) in [6.07, 6.45) is -4.68. The third-order valence-corrected chi connectivity index (χ3v) is 7.59. The molecule has 2 aromatic rings. The Morgan fingerprint density at radius 2 is 1.76 bits per heavy atom. The smallest absolute Gasteiger partial charge is 0.202 e. The van der Waals surface area contributed by atoms with Crippen LogP contribution in [0.3, 0.4) is 0 Å². The van der Waals surface area contributed by atoms with Gasteiger partial charge in [0, 0.05) is 42.0 Å². The van der Waals surface area contributed by atoms with Crippen LogP contribution in [0.2, 0.25) is 0 Å². The standard InChI is InChI=1S/C26H27NO10.ClH/c1-9-21(30)13(27)6-16(36-9)37-15-8-26(35,10(2)28)7-12-18(15)25(34)20-19(23(12)32)22(31)11-4-3-5-14(29)17(11)24(20)33;/h3-5,9,13,15-16,21,29-30,32,34-35H,6-8,27H2,1-2H3;1H/t9-,13-,15?,16-,21?,26-;/m0./s1. The first-order valence-electron chi connectivity index (χ1n) is 11.9. The van der Waals surface area contributed by atoms with Crippen LogP contribution in [0.4, 0.5) is 0 Å². The molecular weight excluding hydrogens is 522 g/mol. The van der Waals surface area contributed by atoms with Gasteiger partial charge in [-0.1, -0.05) is 12.1 Å². The molecule has 2 aliphatic carbocycles. The highest BCUT2D eigenvalue weighted by molar-refractivity contribution is 6.31. The number of Topliss-reactive ketones (excluding diaryl/α,β-unsaturated/α-hetero) is 1. The van der Waals surface area contributed by atoms with Gasteiger partial charge in [-0.25, -0.2) is 0 Å². The number of hydrogen-bond donors (Lipinski definition) is 6. The molecule has 5 rings (SSSR count). The maximum absolute atomic E-state index is 13.4. The second kappa shape index (κ2) is 9.60. The number of phenolic OH excluding ortho intramolecular Hbond substituents is 3. The van der Waals surface area contributed by atoms with Crippen LogP contribution in [-0.2, 0) is 20.7 Å². The second-order valence-electron chi connectivity index (χ2n) is 9.95. The van der Waals surface area contributed by atoms with Crippen LogP contribution in [0.5, 0.6) is 17.2 Å². The molecule has 0 aromatic heterocycles. The van der Waals surface area contributed by atoms with Crippen LogP contribution in [0.25, 0.3) is 0 Å². The molecule has 12 heteroatoms. The van der Waals surface area contributed by atoms with Crippen molar-refractivity contribution in [1.82, 2.24) is 0 Å². The number of hydrogen-bond acceptors (Lipinski definition) is 11. The molecule has 1 aliphatic heterocycles. The van der Waals surface area contributed by atoms with Gasteiger partial charge in [-0.05, 0) is 19.9 Å². The molecule has 204 valence electrons. The fourth-order valence-corrected chi connectivity index (χ4v) is 5.50. The number of aliphatic hydroxyl groups is 2. The van der Waals surface area contributed by atoms with Crippen LogP contribution < -0.4 is 5.73 Å². The minimum Gasteiger partial charge on any atom is -0.507 e. The highest BCUT2D eigenvalue weighted by atomic mass is 35.5. The van der Waals surface area contributed by atoms with Crippen molar-refractivity contribution in [1.29, 1.82) is 0 Å². The first-order chi connectivity index (χ1) is 17.4. The van der Waals surface area contributed by atoms with E-state index in [-0.39, 0.29) is 47.5 Å². The van der Waals surface area contributed by atoms with E-state index in [4.69, 9.17) is 15.2 Å². The Hall–Kier alpha value is -3.06. The third-order valence-electron chi connectivity index (χ3n) is 7.59. The minimum absolute atomic E-state index is 0. The molecule has 1 heterocycles. The normalized spacial score (nSPS) is 30.1. The number of rotatable bonds is 3. The highest BCUT2D eigenvalue weighted by Gasteiger charge is 2.49. The number of fused-ring (bicyclic) bond motifs is 3. The Balaban J connectivity index is 0.00000336. The highest BCUT2D eigenvalue weighted by Crippen LogP contribution is 2.52. The predicted octanol–water partition coefficient (Wildman–Crippen LogP) is 1.15. The lowest BCUT2D eigenvalue weighted by molar-refractivity contribution is -0.247. The average molecular weight is 550 g/mol. The summed E-state index contributed by atoms with van der Waals surface area (Å²) in [5.74, 6) is -4.13. The van der Waals surface area contributed by atoms with Gasteiger partial charge in [0.05, 0.1) is 35.0 Å². The molecule has 1 saturated heterocycles. The zero-order chi connectivity index (χ0) is 27.0. The van der Waals surface area contributed by atoms with Gasteiger partial charge < -0.3 is 40.7 Å². The topological polar surface area (TPSA) is 197 Å². The summed E-state index contributed by atoms with van der Waals surface area (Å²) in [6.45, 7) is 2.76. The molecule has 3 aliphatic rings. The zero-order valence-electron chi connectivity index (χ0n) is 20.5. The Kier molecular flexibility index (Phi) is 7.06. The van der Waals surface area contributed by atoms with Gasteiger partial charge in [0.2, 0.25) is 5.78 Å². The second-order valence-corrected chi connectivity index (χ2v) is 9.95. The van der Waals surface area contributed by atoms with E-state index in [0.717, 1.165) is 6.92 Å². The number of ether oxygens (including phenoxy) is 2. The molecule has 2 unspecified atom stereocenters.